The van der Waals surface area contributed by atoms with Gasteiger partial charge in [-0.1, -0.05) is 12.1 Å². The van der Waals surface area contributed by atoms with E-state index in [0.29, 0.717) is 10.6 Å². The minimum absolute atomic E-state index is 0.0841. The third-order valence-corrected chi connectivity index (χ3v) is 3.79. The number of halogens is 1. The molecule has 0 radical (unpaired) electrons. The van der Waals surface area contributed by atoms with Crippen molar-refractivity contribution in [1.29, 1.82) is 0 Å². The van der Waals surface area contributed by atoms with Crippen molar-refractivity contribution >= 4 is 17.7 Å². The van der Waals surface area contributed by atoms with Crippen molar-refractivity contribution in [2.45, 2.75) is 16.9 Å². The zero-order chi connectivity index (χ0) is 15.0. The number of aliphatic hydroxyl groups excluding tert-OH is 3. The summed E-state index contributed by atoms with van der Waals surface area (Å²) in [6.45, 7) is -1.69. The lowest BCUT2D eigenvalue weighted by molar-refractivity contribution is -0.124. The quantitative estimate of drug-likeness (QED) is 0.513. The van der Waals surface area contributed by atoms with Gasteiger partial charge in [0.15, 0.2) is 0 Å². The Balaban J connectivity index is 2.42. The first-order valence-corrected chi connectivity index (χ1v) is 7.06. The second-order valence-corrected chi connectivity index (χ2v) is 5.47. The maximum absolute atomic E-state index is 13.3. The number of aliphatic hydroxyl groups is 3. The molecule has 0 spiro atoms. The van der Waals surface area contributed by atoms with E-state index in [-0.39, 0.29) is 12.2 Å². The number of amides is 1. The summed E-state index contributed by atoms with van der Waals surface area (Å²) in [7, 11) is 0. The highest BCUT2D eigenvalue weighted by molar-refractivity contribution is 7.99. The molecule has 5 nitrogen and oxygen atoms in total. The van der Waals surface area contributed by atoms with E-state index in [0.717, 1.165) is 0 Å². The standard InChI is InChI=1S/C13H18FNO4S/c14-10-3-1-2-4-11(10)20-6-5-12(19)15-13(7-16,8-17)9-18/h1-4,16-18H,5-9H2,(H,15,19). The lowest BCUT2D eigenvalue weighted by Gasteiger charge is -2.28. The Morgan fingerprint density at radius 1 is 1.20 bits per heavy atom. The summed E-state index contributed by atoms with van der Waals surface area (Å²) in [5.41, 5.74) is -1.42. The van der Waals surface area contributed by atoms with Crippen molar-refractivity contribution in [3.63, 3.8) is 0 Å². The van der Waals surface area contributed by atoms with Crippen LogP contribution in [-0.4, -0.2) is 52.3 Å². The summed E-state index contributed by atoms with van der Waals surface area (Å²) in [4.78, 5) is 12.1. The van der Waals surface area contributed by atoms with E-state index in [2.05, 4.69) is 5.32 Å². The van der Waals surface area contributed by atoms with Crippen molar-refractivity contribution in [3.05, 3.63) is 30.1 Å². The average Bonchev–Trinajstić information content (AvgIpc) is 2.47. The summed E-state index contributed by atoms with van der Waals surface area (Å²) >= 11 is 1.20. The molecule has 0 heterocycles. The number of carbonyl (C=O) groups excluding carboxylic acids is 1. The van der Waals surface area contributed by atoms with Gasteiger partial charge >= 0.3 is 0 Å². The third kappa shape index (κ3) is 4.75. The molecular weight excluding hydrogens is 285 g/mol. The Hall–Kier alpha value is -1.15. The lowest BCUT2D eigenvalue weighted by Crippen LogP contribution is -2.57. The molecule has 1 amide bonds. The van der Waals surface area contributed by atoms with Crippen LogP contribution < -0.4 is 5.32 Å². The van der Waals surface area contributed by atoms with Crippen LogP contribution in [-0.2, 0) is 4.79 Å². The van der Waals surface area contributed by atoms with Crippen molar-refractivity contribution < 1.29 is 24.5 Å². The van der Waals surface area contributed by atoms with E-state index in [1.165, 1.54) is 17.8 Å². The summed E-state index contributed by atoms with van der Waals surface area (Å²) in [6, 6.07) is 6.26. The first-order chi connectivity index (χ1) is 9.56. The smallest absolute Gasteiger partial charge is 0.221 e. The first-order valence-electron chi connectivity index (χ1n) is 6.08. The van der Waals surface area contributed by atoms with E-state index >= 15 is 0 Å². The number of nitrogens with one attached hydrogen (secondary N) is 1. The highest BCUT2D eigenvalue weighted by Crippen LogP contribution is 2.21. The third-order valence-electron chi connectivity index (χ3n) is 2.74. The van der Waals surface area contributed by atoms with Gasteiger partial charge in [0.25, 0.3) is 0 Å². The van der Waals surface area contributed by atoms with Gasteiger partial charge in [0.2, 0.25) is 5.91 Å². The summed E-state index contributed by atoms with van der Waals surface area (Å²) in [6.07, 6.45) is 0.0841. The maximum Gasteiger partial charge on any atom is 0.221 e. The summed E-state index contributed by atoms with van der Waals surface area (Å²) < 4.78 is 13.3. The van der Waals surface area contributed by atoms with Gasteiger partial charge in [-0.05, 0) is 12.1 Å². The second kappa shape index (κ2) is 8.21. The Morgan fingerprint density at radius 2 is 1.80 bits per heavy atom. The van der Waals surface area contributed by atoms with Crippen LogP contribution in [0.5, 0.6) is 0 Å². The molecule has 0 unspecified atom stereocenters. The molecule has 20 heavy (non-hydrogen) atoms. The Kier molecular flexibility index (Phi) is 6.94. The van der Waals surface area contributed by atoms with Gasteiger partial charge in [-0.2, -0.15) is 0 Å². The number of hydrogen-bond acceptors (Lipinski definition) is 5. The van der Waals surface area contributed by atoms with E-state index < -0.39 is 31.3 Å². The van der Waals surface area contributed by atoms with Gasteiger partial charge in [0, 0.05) is 17.1 Å². The molecule has 1 aromatic carbocycles. The second-order valence-electron chi connectivity index (χ2n) is 4.33. The van der Waals surface area contributed by atoms with Gasteiger partial charge in [-0.25, -0.2) is 4.39 Å². The largest absolute Gasteiger partial charge is 0.394 e. The van der Waals surface area contributed by atoms with Crippen molar-refractivity contribution in [2.75, 3.05) is 25.6 Å². The Bertz CT molecular complexity index is 432. The van der Waals surface area contributed by atoms with Crippen LogP contribution in [0.3, 0.4) is 0 Å². The van der Waals surface area contributed by atoms with E-state index in [1.54, 1.807) is 18.2 Å². The van der Waals surface area contributed by atoms with E-state index in [1.807, 2.05) is 0 Å². The monoisotopic (exact) mass is 303 g/mol. The minimum atomic E-state index is -1.42. The molecule has 0 aliphatic carbocycles. The van der Waals surface area contributed by atoms with Crippen LogP contribution in [0.1, 0.15) is 6.42 Å². The molecule has 4 N–H and O–H groups in total. The fourth-order valence-corrected chi connectivity index (χ4v) is 2.33. The maximum atomic E-state index is 13.3. The molecule has 0 saturated carbocycles. The van der Waals surface area contributed by atoms with Crippen molar-refractivity contribution in [2.24, 2.45) is 0 Å². The van der Waals surface area contributed by atoms with Gasteiger partial charge in [-0.3, -0.25) is 4.79 Å². The highest BCUT2D eigenvalue weighted by Gasteiger charge is 2.29. The molecular formula is C13H18FNO4S. The fourth-order valence-electron chi connectivity index (χ4n) is 1.44. The van der Waals surface area contributed by atoms with Crippen LogP contribution in [0.2, 0.25) is 0 Å². The molecule has 0 aromatic heterocycles. The lowest BCUT2D eigenvalue weighted by atomic mass is 10.0. The Labute approximate surface area is 120 Å². The molecule has 0 atom stereocenters. The molecule has 0 aliphatic heterocycles. The normalized spacial score (nSPS) is 11.4. The fraction of sp³-hybridized carbons (Fsp3) is 0.462. The first kappa shape index (κ1) is 16.9. The SMILES string of the molecule is O=C(CCSc1ccccc1F)NC(CO)(CO)CO. The zero-order valence-electron chi connectivity index (χ0n) is 10.9. The minimum Gasteiger partial charge on any atom is -0.394 e. The van der Waals surface area contributed by atoms with Gasteiger partial charge in [0.05, 0.1) is 19.8 Å². The van der Waals surface area contributed by atoms with Crippen LogP contribution in [0, 0.1) is 5.82 Å². The number of rotatable bonds is 8. The molecule has 0 aliphatic rings. The number of hydrogen-bond donors (Lipinski definition) is 4. The number of benzene rings is 1. The molecule has 1 rings (SSSR count). The average molecular weight is 303 g/mol. The Morgan fingerprint density at radius 3 is 2.35 bits per heavy atom. The molecule has 0 bridgehead atoms. The van der Waals surface area contributed by atoms with Crippen LogP contribution in [0.25, 0.3) is 0 Å². The van der Waals surface area contributed by atoms with Crippen molar-refractivity contribution in [3.8, 4) is 0 Å². The van der Waals surface area contributed by atoms with Gasteiger partial charge < -0.3 is 20.6 Å². The molecule has 0 fully saturated rings. The molecule has 0 saturated heterocycles. The molecule has 1 aromatic rings. The topological polar surface area (TPSA) is 89.8 Å². The molecule has 7 heteroatoms. The van der Waals surface area contributed by atoms with Crippen LogP contribution >= 0.6 is 11.8 Å². The van der Waals surface area contributed by atoms with Gasteiger partial charge in [-0.15, -0.1) is 11.8 Å². The number of thioether (sulfide) groups is 1. The van der Waals surface area contributed by atoms with E-state index in [4.69, 9.17) is 15.3 Å². The predicted octanol–water partition coefficient (Wildman–Crippen LogP) is 0.140. The summed E-state index contributed by atoms with van der Waals surface area (Å²) in [5.74, 6) is -0.412. The van der Waals surface area contributed by atoms with Crippen LogP contribution in [0.15, 0.2) is 29.2 Å². The summed E-state index contributed by atoms with van der Waals surface area (Å²) in [5, 5.41) is 29.6. The predicted molar refractivity (Wildman–Crippen MR) is 73.9 cm³/mol. The van der Waals surface area contributed by atoms with E-state index in [9.17, 15) is 9.18 Å². The highest BCUT2D eigenvalue weighted by atomic mass is 32.2. The van der Waals surface area contributed by atoms with Crippen molar-refractivity contribution in [1.82, 2.24) is 5.32 Å². The van der Waals surface area contributed by atoms with Gasteiger partial charge in [0.1, 0.15) is 11.4 Å². The van der Waals surface area contributed by atoms with Crippen LogP contribution in [0.4, 0.5) is 4.39 Å². The molecule has 112 valence electrons. The number of carbonyl (C=O) groups is 1. The zero-order valence-corrected chi connectivity index (χ0v) is 11.7.